The number of fused-ring (bicyclic) bond motifs is 1. The van der Waals surface area contributed by atoms with E-state index in [-0.39, 0.29) is 15.8 Å². The van der Waals surface area contributed by atoms with Crippen LogP contribution in [0.15, 0.2) is 23.1 Å². The van der Waals surface area contributed by atoms with Gasteiger partial charge in [0.1, 0.15) is 13.2 Å². The van der Waals surface area contributed by atoms with Crippen molar-refractivity contribution >= 4 is 27.2 Å². The second kappa shape index (κ2) is 5.43. The third-order valence-electron chi connectivity index (χ3n) is 3.51. The minimum Gasteiger partial charge on any atom is -0.486 e. The number of nitrogens with one attached hydrogen (secondary N) is 1. The molecule has 8 heteroatoms. The van der Waals surface area contributed by atoms with E-state index in [1.165, 1.54) is 12.1 Å². The predicted molar refractivity (Wildman–Crippen MR) is 81.1 cm³/mol. The van der Waals surface area contributed by atoms with Crippen LogP contribution in [0.3, 0.4) is 0 Å². The molecule has 21 heavy (non-hydrogen) atoms. The molecule has 0 saturated heterocycles. The fourth-order valence-corrected chi connectivity index (χ4v) is 3.87. The second-order valence-corrected chi connectivity index (χ2v) is 7.33. The zero-order valence-corrected chi connectivity index (χ0v) is 12.9. The fourth-order valence-electron chi connectivity index (χ4n) is 2.24. The van der Waals surface area contributed by atoms with Gasteiger partial charge in [-0.25, -0.2) is 13.1 Å². The highest BCUT2D eigenvalue weighted by molar-refractivity contribution is 7.89. The number of ether oxygens (including phenoxy) is 2. The van der Waals surface area contributed by atoms with Gasteiger partial charge in [-0.2, -0.15) is 0 Å². The number of sulfonamides is 1. The first kappa shape index (κ1) is 14.6. The Kier molecular flexibility index (Phi) is 3.76. The molecule has 1 atom stereocenters. The Labute approximate surface area is 128 Å². The molecule has 6 nitrogen and oxygen atoms in total. The molecule has 1 saturated carbocycles. The SMILES string of the molecule is NC(=S)C(NS(=O)(=O)c1ccc2c(c1)OCCO2)C1CC1. The molecule has 3 rings (SSSR count). The van der Waals surface area contributed by atoms with Crippen LogP contribution in [0.5, 0.6) is 11.5 Å². The molecular formula is C13H16N2O4S2. The topological polar surface area (TPSA) is 90.7 Å². The Morgan fingerprint density at radius 3 is 2.57 bits per heavy atom. The zero-order chi connectivity index (χ0) is 15.0. The van der Waals surface area contributed by atoms with Crippen LogP contribution in [-0.2, 0) is 10.0 Å². The van der Waals surface area contributed by atoms with Crippen LogP contribution in [0.4, 0.5) is 0 Å². The summed E-state index contributed by atoms with van der Waals surface area (Å²) in [5.74, 6) is 1.19. The molecular weight excluding hydrogens is 312 g/mol. The van der Waals surface area contributed by atoms with Crippen LogP contribution < -0.4 is 19.9 Å². The third-order valence-corrected chi connectivity index (χ3v) is 5.20. The van der Waals surface area contributed by atoms with Crippen LogP contribution in [-0.4, -0.2) is 32.7 Å². The molecule has 0 bridgehead atoms. The van der Waals surface area contributed by atoms with Gasteiger partial charge in [-0.05, 0) is 30.9 Å². The van der Waals surface area contributed by atoms with Crippen molar-refractivity contribution in [3.63, 3.8) is 0 Å². The van der Waals surface area contributed by atoms with E-state index in [0.29, 0.717) is 24.7 Å². The van der Waals surface area contributed by atoms with Crippen LogP contribution in [0.1, 0.15) is 12.8 Å². The van der Waals surface area contributed by atoms with Crippen LogP contribution in [0.2, 0.25) is 0 Å². The van der Waals surface area contributed by atoms with Gasteiger partial charge in [0.25, 0.3) is 0 Å². The minimum absolute atomic E-state index is 0.119. The molecule has 1 heterocycles. The minimum atomic E-state index is -3.70. The summed E-state index contributed by atoms with van der Waals surface area (Å²) in [7, 11) is -3.70. The van der Waals surface area contributed by atoms with E-state index in [1.807, 2.05) is 0 Å². The van der Waals surface area contributed by atoms with Gasteiger partial charge in [0.05, 0.1) is 15.9 Å². The average molecular weight is 328 g/mol. The molecule has 0 amide bonds. The first-order chi connectivity index (χ1) is 9.97. The molecule has 1 unspecified atom stereocenters. The third kappa shape index (κ3) is 3.12. The number of nitrogens with two attached hydrogens (primary N) is 1. The first-order valence-corrected chi connectivity index (χ1v) is 8.58. The van der Waals surface area contributed by atoms with E-state index in [4.69, 9.17) is 27.4 Å². The molecule has 1 aromatic rings. The average Bonchev–Trinajstić information content (AvgIpc) is 3.28. The summed E-state index contributed by atoms with van der Waals surface area (Å²) in [5.41, 5.74) is 5.63. The molecule has 0 radical (unpaired) electrons. The lowest BCUT2D eigenvalue weighted by molar-refractivity contribution is 0.171. The number of rotatable bonds is 5. The summed E-state index contributed by atoms with van der Waals surface area (Å²) in [4.78, 5) is 0.298. The van der Waals surface area contributed by atoms with Crippen LogP contribution in [0.25, 0.3) is 0 Å². The Morgan fingerprint density at radius 2 is 1.95 bits per heavy atom. The van der Waals surface area contributed by atoms with Gasteiger partial charge in [-0.15, -0.1) is 0 Å². The summed E-state index contributed by atoms with van der Waals surface area (Å²) in [6.45, 7) is 0.865. The molecule has 1 aromatic carbocycles. The van der Waals surface area contributed by atoms with E-state index in [1.54, 1.807) is 6.07 Å². The molecule has 1 fully saturated rings. The molecule has 0 spiro atoms. The summed E-state index contributed by atoms with van der Waals surface area (Å²) >= 11 is 4.95. The van der Waals surface area contributed by atoms with Crippen molar-refractivity contribution in [2.75, 3.05) is 13.2 Å². The Bertz CT molecular complexity index is 671. The summed E-state index contributed by atoms with van der Waals surface area (Å²) < 4.78 is 38.3. The largest absolute Gasteiger partial charge is 0.486 e. The summed E-state index contributed by atoms with van der Waals surface area (Å²) in [6, 6.07) is 4.05. The quantitative estimate of drug-likeness (QED) is 0.777. The second-order valence-electron chi connectivity index (χ2n) is 5.14. The van der Waals surface area contributed by atoms with E-state index >= 15 is 0 Å². The highest BCUT2D eigenvalue weighted by atomic mass is 32.2. The zero-order valence-electron chi connectivity index (χ0n) is 11.2. The van der Waals surface area contributed by atoms with Gasteiger partial charge >= 0.3 is 0 Å². The van der Waals surface area contributed by atoms with Crippen molar-refractivity contribution in [3.05, 3.63) is 18.2 Å². The molecule has 1 aliphatic carbocycles. The number of hydrogen-bond acceptors (Lipinski definition) is 5. The summed E-state index contributed by atoms with van der Waals surface area (Å²) in [6.07, 6.45) is 1.87. The van der Waals surface area contributed by atoms with Gasteiger partial charge in [-0.3, -0.25) is 0 Å². The molecule has 1 aliphatic heterocycles. The number of hydrogen-bond donors (Lipinski definition) is 2. The Morgan fingerprint density at radius 1 is 1.29 bits per heavy atom. The van der Waals surface area contributed by atoms with Crippen molar-refractivity contribution in [3.8, 4) is 11.5 Å². The molecule has 3 N–H and O–H groups in total. The van der Waals surface area contributed by atoms with Crippen molar-refractivity contribution in [2.24, 2.45) is 11.7 Å². The number of thiocarbonyl (C=S) groups is 1. The van der Waals surface area contributed by atoms with E-state index in [9.17, 15) is 8.42 Å². The molecule has 2 aliphatic rings. The van der Waals surface area contributed by atoms with Gasteiger partial charge in [0, 0.05) is 6.07 Å². The van der Waals surface area contributed by atoms with Crippen molar-refractivity contribution in [1.82, 2.24) is 4.72 Å². The normalized spacial score (nSPS) is 19.0. The van der Waals surface area contributed by atoms with Crippen LogP contribution in [0, 0.1) is 5.92 Å². The fraction of sp³-hybridized carbons (Fsp3) is 0.462. The smallest absolute Gasteiger partial charge is 0.241 e. The maximum absolute atomic E-state index is 12.4. The van der Waals surface area contributed by atoms with E-state index < -0.39 is 16.1 Å². The lowest BCUT2D eigenvalue weighted by Gasteiger charge is -2.20. The highest BCUT2D eigenvalue weighted by Crippen LogP contribution is 2.35. The molecule has 114 valence electrons. The van der Waals surface area contributed by atoms with Gasteiger partial charge in [-0.1, -0.05) is 12.2 Å². The van der Waals surface area contributed by atoms with Crippen molar-refractivity contribution in [1.29, 1.82) is 0 Å². The standard InChI is InChI=1S/C13H16N2O4S2/c14-13(20)12(8-1-2-8)15-21(16,17)9-3-4-10-11(7-9)19-6-5-18-10/h3-4,7-8,12,15H,1-2,5-6H2,(H2,14,20). The van der Waals surface area contributed by atoms with E-state index in [2.05, 4.69) is 4.72 Å². The lowest BCUT2D eigenvalue weighted by Crippen LogP contribution is -2.44. The summed E-state index contributed by atoms with van der Waals surface area (Å²) in [5, 5.41) is 0. The molecule has 0 aromatic heterocycles. The van der Waals surface area contributed by atoms with Gasteiger partial charge < -0.3 is 15.2 Å². The van der Waals surface area contributed by atoms with E-state index in [0.717, 1.165) is 12.8 Å². The highest BCUT2D eigenvalue weighted by Gasteiger charge is 2.36. The van der Waals surface area contributed by atoms with Crippen molar-refractivity contribution < 1.29 is 17.9 Å². The predicted octanol–water partition coefficient (Wildman–Crippen LogP) is 0.801. The monoisotopic (exact) mass is 328 g/mol. The van der Waals surface area contributed by atoms with Gasteiger partial charge in [0.2, 0.25) is 10.0 Å². The Hall–Kier alpha value is -1.38. The van der Waals surface area contributed by atoms with Crippen LogP contribution >= 0.6 is 12.2 Å². The Balaban J connectivity index is 1.85. The van der Waals surface area contributed by atoms with Gasteiger partial charge in [0.15, 0.2) is 11.5 Å². The lowest BCUT2D eigenvalue weighted by atomic mass is 10.2. The maximum Gasteiger partial charge on any atom is 0.241 e. The number of benzene rings is 1. The first-order valence-electron chi connectivity index (χ1n) is 6.69. The van der Waals surface area contributed by atoms with Crippen molar-refractivity contribution in [2.45, 2.75) is 23.8 Å². The maximum atomic E-state index is 12.4.